The molecule has 0 aliphatic carbocycles. The molecule has 141 heavy (non-hydrogen) atoms. The van der Waals surface area contributed by atoms with Gasteiger partial charge in [0, 0.05) is 108 Å². The van der Waals surface area contributed by atoms with E-state index in [1.807, 2.05) is 90.1 Å². The minimum absolute atomic E-state index is 0.0175. The normalized spacial score (nSPS) is 13.2. The second kappa shape index (κ2) is 38.4. The van der Waals surface area contributed by atoms with Crippen molar-refractivity contribution in [3.63, 3.8) is 0 Å². The van der Waals surface area contributed by atoms with Gasteiger partial charge in [-0.2, -0.15) is 0 Å². The van der Waals surface area contributed by atoms with Crippen molar-refractivity contribution in [1.82, 2.24) is 14.7 Å². The molecule has 17 aromatic rings. The number of carboxylic acid groups (broad SMARTS) is 1. The van der Waals surface area contributed by atoms with Crippen LogP contribution >= 0.6 is 0 Å². The van der Waals surface area contributed by atoms with Gasteiger partial charge in [0.05, 0.1) is 78.6 Å². The number of benzene rings is 17. The molecule has 0 spiro atoms. The predicted octanol–water partition coefficient (Wildman–Crippen LogP) is 24.3. The first-order valence-corrected chi connectivity index (χ1v) is 48.6. The van der Waals surface area contributed by atoms with Crippen molar-refractivity contribution in [3.8, 4) is 23.0 Å². The molecule has 1 N–H and O–H groups in total. The van der Waals surface area contributed by atoms with E-state index in [0.717, 1.165) is 30.6 Å². The van der Waals surface area contributed by atoms with Crippen molar-refractivity contribution < 1.29 is 105 Å². The molecule has 0 atom stereocenters. The monoisotopic (exact) mass is 1890 g/mol. The largest absolute Gasteiger partial charge is 0.481 e. The van der Waals surface area contributed by atoms with Crippen LogP contribution in [0.4, 0.5) is 0 Å². The predicted molar refractivity (Wildman–Crippen MR) is 538 cm³/mol. The van der Waals surface area contributed by atoms with Gasteiger partial charge in [-0.3, -0.25) is 48.3 Å². The topological polar surface area (TPSA) is 326 Å². The Balaban J connectivity index is 0.636. The maximum Gasteiger partial charge on any atom is 0.338 e. The highest BCUT2D eigenvalue weighted by Crippen LogP contribution is 2.55. The summed E-state index contributed by atoms with van der Waals surface area (Å²) in [6.07, 6.45) is 8.23. The fraction of sp³-hybridized carbons (Fsp3) is 0.267. The van der Waals surface area contributed by atoms with Gasteiger partial charge >= 0.3 is 41.8 Å². The maximum absolute atomic E-state index is 15.4. The average Bonchev–Trinajstić information content (AvgIpc) is 0.685. The second-order valence-electron chi connectivity index (χ2n) is 36.4. The average molecular weight is 1890 g/mol. The number of rotatable bonds is 38. The van der Waals surface area contributed by atoms with Gasteiger partial charge in [-0.15, -0.1) is 0 Å². The van der Waals surface area contributed by atoms with E-state index in [4.69, 9.17) is 37.9 Å². The van der Waals surface area contributed by atoms with E-state index in [9.17, 15) is 33.9 Å². The van der Waals surface area contributed by atoms with Gasteiger partial charge in [-0.25, -0.2) is 28.8 Å². The molecule has 710 valence electrons. The van der Waals surface area contributed by atoms with Gasteiger partial charge < -0.3 is 43.0 Å². The first-order valence-electron chi connectivity index (χ1n) is 48.6. The lowest BCUT2D eigenvalue weighted by Crippen LogP contribution is -2.41. The SMILES string of the molecule is CCCCOC(=O)c1ccc2c3ccc4c5c(ccc(c6ccc(C(=O)OCCCC)c1c26)c53)C(=O)N(CCc1ccc(Oc2cc(C(=O)OCCCC)c3c(C(=O)OCCCC)ccc5c6c(Oc7ccc(CCN8C(=O)c9ccc%10c%11ccc(C(=O)OCCCC)c%12c(C(=O)OCCCC)ccc(c%13ccc(c9c%10%13)C8=O)c%12%11)cc7)cc7c8c(ccc(c2c35)c86)C(=O)N(CCCC(=O)O)C7=O)cc1)C4=O. The Labute approximate surface area is 808 Å². The van der Waals surface area contributed by atoms with Gasteiger partial charge in [-0.1, -0.05) is 165 Å². The van der Waals surface area contributed by atoms with Crippen LogP contribution in [0.5, 0.6) is 23.0 Å². The molecule has 6 amide bonds. The van der Waals surface area contributed by atoms with Crippen molar-refractivity contribution >= 4 is 206 Å². The highest BCUT2D eigenvalue weighted by atomic mass is 16.6. The van der Waals surface area contributed by atoms with Gasteiger partial charge in [0.15, 0.2) is 0 Å². The summed E-state index contributed by atoms with van der Waals surface area (Å²) in [5.74, 6) is -7.68. The Bertz CT molecular complexity index is 7920. The molecule has 20 rings (SSSR count). The van der Waals surface area contributed by atoms with Crippen molar-refractivity contribution in [2.45, 2.75) is 144 Å². The fourth-order valence-electron chi connectivity index (χ4n) is 20.7. The lowest BCUT2D eigenvalue weighted by atomic mass is 9.82. The van der Waals surface area contributed by atoms with Gasteiger partial charge in [0.25, 0.3) is 35.4 Å². The summed E-state index contributed by atoms with van der Waals surface area (Å²) in [7, 11) is 0. The number of fused-ring (bicyclic) bond motifs is 6. The van der Waals surface area contributed by atoms with Crippen LogP contribution in [0.3, 0.4) is 0 Å². The van der Waals surface area contributed by atoms with E-state index in [0.29, 0.717) is 203 Å². The molecular weight excluding hydrogens is 1790 g/mol. The van der Waals surface area contributed by atoms with E-state index in [2.05, 4.69) is 0 Å². The Kier molecular flexibility index (Phi) is 25.2. The molecule has 0 radical (unpaired) electrons. The molecule has 3 heterocycles. The first-order chi connectivity index (χ1) is 68.6. The van der Waals surface area contributed by atoms with Crippen LogP contribution < -0.4 is 9.47 Å². The molecule has 25 heteroatoms. The number of imide groups is 3. The van der Waals surface area contributed by atoms with Gasteiger partial charge in [0.2, 0.25) is 0 Å². The van der Waals surface area contributed by atoms with Gasteiger partial charge in [0.1, 0.15) is 23.0 Å². The highest BCUT2D eigenvalue weighted by molar-refractivity contribution is 6.45. The summed E-state index contributed by atoms with van der Waals surface area (Å²) < 4.78 is 49.3. The number of ether oxygens (including phenoxy) is 8. The number of carbonyl (C=O) groups excluding carboxylic acids is 12. The number of hydrogen-bond acceptors (Lipinski definition) is 21. The molecule has 0 bridgehead atoms. The summed E-state index contributed by atoms with van der Waals surface area (Å²) in [4.78, 5) is 192. The summed E-state index contributed by atoms with van der Waals surface area (Å²) in [5, 5.41) is 22.3. The Morgan fingerprint density at radius 1 is 0.241 bits per heavy atom. The van der Waals surface area contributed by atoms with Crippen molar-refractivity contribution in [1.29, 1.82) is 0 Å². The highest BCUT2D eigenvalue weighted by Gasteiger charge is 2.41. The summed E-state index contributed by atoms with van der Waals surface area (Å²) in [5.41, 5.74) is 3.64. The van der Waals surface area contributed by atoms with E-state index in [1.54, 1.807) is 127 Å². The zero-order valence-corrected chi connectivity index (χ0v) is 78.9. The summed E-state index contributed by atoms with van der Waals surface area (Å²) >= 11 is 0. The number of amides is 6. The molecule has 0 saturated heterocycles. The van der Waals surface area contributed by atoms with Gasteiger partial charge in [-0.05, 0) is 241 Å². The van der Waals surface area contributed by atoms with Crippen LogP contribution in [0.2, 0.25) is 0 Å². The van der Waals surface area contributed by atoms with Crippen LogP contribution in [-0.4, -0.2) is 156 Å². The third-order valence-electron chi connectivity index (χ3n) is 27.7. The number of nitrogens with zero attached hydrogens (tertiary/aromatic N) is 3. The van der Waals surface area contributed by atoms with Crippen LogP contribution in [-0.2, 0) is 46.1 Å². The third-order valence-corrected chi connectivity index (χ3v) is 27.7. The van der Waals surface area contributed by atoms with E-state index in [-0.39, 0.29) is 163 Å². The number of esters is 6. The first kappa shape index (κ1) is 92.6. The lowest BCUT2D eigenvalue weighted by molar-refractivity contribution is -0.137. The smallest absolute Gasteiger partial charge is 0.338 e. The molecule has 0 saturated carbocycles. The van der Waals surface area contributed by atoms with Crippen molar-refractivity contribution in [3.05, 3.63) is 260 Å². The number of carbonyl (C=O) groups is 13. The third kappa shape index (κ3) is 16.0. The molecule has 0 aromatic heterocycles. The molecule has 25 nitrogen and oxygen atoms in total. The zero-order chi connectivity index (χ0) is 98.0. The van der Waals surface area contributed by atoms with Crippen LogP contribution in [0.1, 0.15) is 267 Å². The Morgan fingerprint density at radius 2 is 0.489 bits per heavy atom. The maximum atomic E-state index is 15.4. The zero-order valence-electron chi connectivity index (χ0n) is 78.9. The number of hydrogen-bond donors (Lipinski definition) is 1. The van der Waals surface area contributed by atoms with Crippen molar-refractivity contribution in [2.24, 2.45) is 0 Å². The van der Waals surface area contributed by atoms with E-state index < -0.39 is 77.2 Å². The van der Waals surface area contributed by atoms with Crippen LogP contribution in [0, 0.1) is 0 Å². The van der Waals surface area contributed by atoms with E-state index in [1.165, 1.54) is 15.9 Å². The Hall–Kier alpha value is -16.1. The summed E-state index contributed by atoms with van der Waals surface area (Å²) in [6, 6.07) is 51.7. The minimum Gasteiger partial charge on any atom is -0.481 e. The molecule has 0 unspecified atom stereocenters. The molecule has 17 aromatic carbocycles. The standard InChI is InChI=1S/C116H99N3O22/c1-7-13-54-134-111(128)81-44-33-70-66-29-39-76-95-77(40-30-67(91(66)95)71-34-45-82(98(81)93(70)71)112(129)135-55-14-8-2)107(124)118(106(76)123)52-49-62-21-25-64(26-22-62)140-88-60-86-97-80(105(122)117(110(86)127)51-19-20-90(120)121)43-37-74-102-89(61-87(116(133)139-59-18-12-6)100-85(115(132)138-58-17-11-5)48-38-75(104(100)102)101(88)103(74)97)141-65-27-23-63(24-28-65)50-53-119-108(125)78-41-31-68-72-35-46-83(113(130)136-56-15-9-3)99-84(114(131)137-57-16-10-4)47-36-73(94(72)99)69-32-42-79(109(119)126)96(78)92(68)69/h21-48,60-61H,7-20,49-59H2,1-6H3,(H,120,121). The molecular formula is C116H99N3O22. The van der Waals surface area contributed by atoms with Crippen LogP contribution in [0.25, 0.3) is 129 Å². The second-order valence-corrected chi connectivity index (χ2v) is 36.4. The lowest BCUT2D eigenvalue weighted by Gasteiger charge is -2.30. The Morgan fingerprint density at radius 3 is 0.801 bits per heavy atom. The molecule has 0 fully saturated rings. The van der Waals surface area contributed by atoms with Crippen LogP contribution in [0.15, 0.2) is 182 Å². The van der Waals surface area contributed by atoms with Crippen molar-refractivity contribution in [2.75, 3.05) is 59.3 Å². The van der Waals surface area contributed by atoms with E-state index >= 15 is 33.6 Å². The molecule has 3 aliphatic rings. The fourth-order valence-corrected chi connectivity index (χ4v) is 20.7. The number of aliphatic carboxylic acids is 1. The number of carboxylic acids is 1. The quantitative estimate of drug-likeness (QED) is 0.00938. The molecule has 3 aliphatic heterocycles. The summed E-state index contributed by atoms with van der Waals surface area (Å²) in [6.45, 7) is 12.4. The number of unbranched alkanes of at least 4 members (excludes halogenated alkanes) is 6. The minimum atomic E-state index is -1.12.